The fourth-order valence-electron chi connectivity index (χ4n) is 3.59. The molecule has 0 bridgehead atoms. The van der Waals surface area contributed by atoms with Crippen LogP contribution in [-0.2, 0) is 11.3 Å². The highest BCUT2D eigenvalue weighted by Crippen LogP contribution is 2.27. The summed E-state index contributed by atoms with van der Waals surface area (Å²) in [6.07, 6.45) is 0.164. The summed E-state index contributed by atoms with van der Waals surface area (Å²) in [5, 5.41) is 9.38. The maximum atomic E-state index is 11.4. The van der Waals surface area contributed by atoms with Crippen LogP contribution in [0.4, 0.5) is 5.69 Å². The predicted octanol–water partition coefficient (Wildman–Crippen LogP) is 3.24. The number of hydrogen-bond acceptors (Lipinski definition) is 3. The van der Waals surface area contributed by atoms with E-state index in [1.807, 2.05) is 36.4 Å². The summed E-state index contributed by atoms with van der Waals surface area (Å²) < 4.78 is 0. The Kier molecular flexibility index (Phi) is 5.16. The molecule has 2 atom stereocenters. The molecule has 0 unspecified atom stereocenters. The van der Waals surface area contributed by atoms with Gasteiger partial charge in [-0.2, -0.15) is 0 Å². The molecule has 4 heteroatoms. The fraction of sp³-hybridized carbons (Fsp3) is 0.350. The lowest BCUT2D eigenvalue weighted by Crippen LogP contribution is -2.58. The second-order valence-corrected chi connectivity index (χ2v) is 6.39. The van der Waals surface area contributed by atoms with Gasteiger partial charge in [0.15, 0.2) is 0 Å². The van der Waals surface area contributed by atoms with Gasteiger partial charge in [0.2, 0.25) is 0 Å². The monoisotopic (exact) mass is 324 g/mol. The van der Waals surface area contributed by atoms with Gasteiger partial charge in [-0.3, -0.25) is 9.69 Å². The normalized spacial score (nSPS) is 21.6. The summed E-state index contributed by atoms with van der Waals surface area (Å²) in [6.45, 7) is 4.71. The molecule has 4 nitrogen and oxygen atoms in total. The average Bonchev–Trinajstić information content (AvgIpc) is 2.59. The number of hydrogen-bond donors (Lipinski definition) is 1. The van der Waals surface area contributed by atoms with Crippen molar-refractivity contribution < 1.29 is 9.90 Å². The molecular weight excluding hydrogens is 300 g/mol. The van der Waals surface area contributed by atoms with E-state index in [1.165, 1.54) is 11.3 Å². The van der Waals surface area contributed by atoms with Crippen LogP contribution in [0.5, 0.6) is 0 Å². The second kappa shape index (κ2) is 7.49. The zero-order valence-electron chi connectivity index (χ0n) is 14.0. The fourth-order valence-corrected chi connectivity index (χ4v) is 3.59. The summed E-state index contributed by atoms with van der Waals surface area (Å²) in [5.74, 6) is -0.736. The Labute approximate surface area is 143 Å². The Morgan fingerprint density at radius 2 is 1.67 bits per heavy atom. The molecule has 0 spiro atoms. The molecule has 3 rings (SSSR count). The van der Waals surface area contributed by atoms with Crippen molar-refractivity contribution in [1.82, 2.24) is 4.90 Å². The average molecular weight is 324 g/mol. The highest BCUT2D eigenvalue weighted by atomic mass is 16.4. The van der Waals surface area contributed by atoms with E-state index < -0.39 is 5.97 Å². The quantitative estimate of drug-likeness (QED) is 0.917. The maximum Gasteiger partial charge on any atom is 0.305 e. The van der Waals surface area contributed by atoms with E-state index in [0.717, 1.165) is 19.6 Å². The van der Waals surface area contributed by atoms with Crippen LogP contribution >= 0.6 is 0 Å². The molecule has 0 aliphatic carbocycles. The number of benzene rings is 2. The third-order valence-electron chi connectivity index (χ3n) is 4.85. The number of anilines is 1. The van der Waals surface area contributed by atoms with Crippen molar-refractivity contribution in [3.05, 3.63) is 66.2 Å². The molecular formula is C20H24N2O2. The number of para-hydroxylation sites is 1. The highest BCUT2D eigenvalue weighted by Gasteiger charge is 2.35. The van der Waals surface area contributed by atoms with E-state index in [2.05, 4.69) is 41.0 Å². The first-order valence-corrected chi connectivity index (χ1v) is 8.46. The zero-order valence-corrected chi connectivity index (χ0v) is 14.0. The number of carbonyl (C=O) groups is 1. The first-order valence-electron chi connectivity index (χ1n) is 8.46. The molecule has 24 heavy (non-hydrogen) atoms. The van der Waals surface area contributed by atoms with Gasteiger partial charge < -0.3 is 10.0 Å². The smallest absolute Gasteiger partial charge is 0.305 e. The van der Waals surface area contributed by atoms with Gasteiger partial charge in [-0.1, -0.05) is 48.5 Å². The molecule has 1 fully saturated rings. The Balaban J connectivity index is 1.80. The first-order chi connectivity index (χ1) is 11.6. The van der Waals surface area contributed by atoms with Crippen molar-refractivity contribution in [2.24, 2.45) is 0 Å². The third-order valence-corrected chi connectivity index (χ3v) is 4.85. The molecule has 1 heterocycles. The minimum absolute atomic E-state index is 0.00309. The molecule has 126 valence electrons. The predicted molar refractivity (Wildman–Crippen MR) is 96.1 cm³/mol. The lowest BCUT2D eigenvalue weighted by atomic mass is 9.98. The number of rotatable bonds is 5. The van der Waals surface area contributed by atoms with Gasteiger partial charge in [-0.15, -0.1) is 0 Å². The van der Waals surface area contributed by atoms with Crippen LogP contribution in [0.15, 0.2) is 60.7 Å². The highest BCUT2D eigenvalue weighted by molar-refractivity contribution is 5.68. The van der Waals surface area contributed by atoms with Crippen LogP contribution in [0.2, 0.25) is 0 Å². The van der Waals surface area contributed by atoms with E-state index in [0.29, 0.717) is 0 Å². The van der Waals surface area contributed by atoms with Crippen molar-refractivity contribution in [2.45, 2.75) is 32.0 Å². The lowest BCUT2D eigenvalue weighted by Gasteiger charge is -2.47. The number of nitrogens with zero attached hydrogens (tertiary/aromatic N) is 2. The van der Waals surface area contributed by atoms with Crippen molar-refractivity contribution in [1.29, 1.82) is 0 Å². The van der Waals surface area contributed by atoms with E-state index >= 15 is 0 Å². The molecule has 1 aliphatic heterocycles. The Morgan fingerprint density at radius 1 is 1.04 bits per heavy atom. The van der Waals surface area contributed by atoms with Crippen LogP contribution < -0.4 is 4.90 Å². The Hall–Kier alpha value is -2.33. The summed E-state index contributed by atoms with van der Waals surface area (Å²) >= 11 is 0. The molecule has 1 saturated heterocycles. The zero-order chi connectivity index (χ0) is 16.9. The van der Waals surface area contributed by atoms with Crippen molar-refractivity contribution >= 4 is 11.7 Å². The topological polar surface area (TPSA) is 43.8 Å². The second-order valence-electron chi connectivity index (χ2n) is 6.39. The van der Waals surface area contributed by atoms with E-state index in [4.69, 9.17) is 0 Å². The van der Waals surface area contributed by atoms with Crippen molar-refractivity contribution in [3.63, 3.8) is 0 Å². The maximum absolute atomic E-state index is 11.4. The van der Waals surface area contributed by atoms with Crippen molar-refractivity contribution in [2.75, 3.05) is 18.0 Å². The van der Waals surface area contributed by atoms with Gasteiger partial charge >= 0.3 is 5.97 Å². The lowest BCUT2D eigenvalue weighted by molar-refractivity contribution is -0.138. The largest absolute Gasteiger partial charge is 0.481 e. The van der Waals surface area contributed by atoms with Crippen LogP contribution in [0.25, 0.3) is 0 Å². The number of carboxylic acids is 1. The van der Waals surface area contributed by atoms with E-state index in [-0.39, 0.29) is 18.5 Å². The van der Waals surface area contributed by atoms with Crippen molar-refractivity contribution in [3.8, 4) is 0 Å². The molecule has 0 amide bonds. The van der Waals surface area contributed by atoms with Crippen LogP contribution in [0, 0.1) is 0 Å². The first kappa shape index (κ1) is 16.5. The molecule has 1 N–H and O–H groups in total. The van der Waals surface area contributed by atoms with Gasteiger partial charge in [-0.05, 0) is 24.6 Å². The standard InChI is InChI=1S/C20H24N2O2/c1-16-19(14-20(23)24)21(15-17-8-4-2-5-9-17)12-13-22(16)18-10-6-3-7-11-18/h2-11,16,19H,12-15H2,1H3,(H,23,24)/t16-,19-/m1/s1. The minimum Gasteiger partial charge on any atom is -0.481 e. The van der Waals surface area contributed by atoms with E-state index in [1.54, 1.807) is 0 Å². The van der Waals surface area contributed by atoms with Gasteiger partial charge in [0.25, 0.3) is 0 Å². The van der Waals surface area contributed by atoms with E-state index in [9.17, 15) is 9.90 Å². The Bertz CT molecular complexity index is 658. The summed E-state index contributed by atoms with van der Waals surface area (Å²) in [6, 6.07) is 20.7. The summed E-state index contributed by atoms with van der Waals surface area (Å²) in [5.41, 5.74) is 2.40. The Morgan fingerprint density at radius 3 is 2.29 bits per heavy atom. The summed E-state index contributed by atoms with van der Waals surface area (Å²) in [7, 11) is 0. The number of aliphatic carboxylic acids is 1. The van der Waals surface area contributed by atoms with Crippen LogP contribution in [0.1, 0.15) is 18.9 Å². The third kappa shape index (κ3) is 3.77. The van der Waals surface area contributed by atoms with Gasteiger partial charge in [0.05, 0.1) is 6.42 Å². The SMILES string of the molecule is C[C@@H]1[C@@H](CC(=O)O)N(Cc2ccccc2)CCN1c1ccccc1. The molecule has 0 saturated carbocycles. The van der Waals surface area contributed by atoms with Gasteiger partial charge in [0, 0.05) is 37.4 Å². The molecule has 1 aliphatic rings. The molecule has 2 aromatic rings. The molecule has 2 aromatic carbocycles. The number of carboxylic acid groups (broad SMARTS) is 1. The van der Waals surface area contributed by atoms with Crippen LogP contribution in [-0.4, -0.2) is 41.1 Å². The minimum atomic E-state index is -0.736. The molecule has 0 aromatic heterocycles. The summed E-state index contributed by atoms with van der Waals surface area (Å²) in [4.78, 5) is 16.1. The van der Waals surface area contributed by atoms with Gasteiger partial charge in [0.1, 0.15) is 0 Å². The van der Waals surface area contributed by atoms with Crippen LogP contribution in [0.3, 0.4) is 0 Å². The van der Waals surface area contributed by atoms with Gasteiger partial charge in [-0.25, -0.2) is 0 Å². The number of piperazine rings is 1. The molecule has 0 radical (unpaired) electrons.